The molecule has 0 saturated heterocycles. The molecule has 1 aromatic rings. The average Bonchev–Trinajstić information content (AvgIpc) is 2.23. The second-order valence-corrected chi connectivity index (χ2v) is 5.32. The van der Waals surface area contributed by atoms with Gasteiger partial charge in [0.05, 0.1) is 0 Å². The van der Waals surface area contributed by atoms with E-state index >= 15 is 0 Å². The van der Waals surface area contributed by atoms with Gasteiger partial charge in [-0.1, -0.05) is 38.5 Å². The van der Waals surface area contributed by atoms with Gasteiger partial charge in [0.15, 0.2) is 0 Å². The fourth-order valence-electron chi connectivity index (χ4n) is 1.55. The third kappa shape index (κ3) is 3.86. The van der Waals surface area contributed by atoms with Crippen LogP contribution < -0.4 is 11.1 Å². The Morgan fingerprint density at radius 3 is 2.62 bits per heavy atom. The number of nitrogens with one attached hydrogen (secondary N) is 1. The fourth-order valence-corrected chi connectivity index (χ4v) is 1.55. The molecular formula is C14H24N2. The molecule has 0 radical (unpaired) electrons. The van der Waals surface area contributed by atoms with E-state index in [1.165, 1.54) is 17.5 Å². The van der Waals surface area contributed by atoms with Gasteiger partial charge in [0.1, 0.15) is 0 Å². The van der Waals surface area contributed by atoms with Crippen LogP contribution >= 0.6 is 0 Å². The van der Waals surface area contributed by atoms with Gasteiger partial charge in [0.25, 0.3) is 0 Å². The molecule has 3 N–H and O–H groups in total. The summed E-state index contributed by atoms with van der Waals surface area (Å²) in [6, 6.07) is 6.19. The van der Waals surface area contributed by atoms with Crippen LogP contribution in [0.1, 0.15) is 38.3 Å². The molecule has 0 aliphatic carbocycles. The summed E-state index contributed by atoms with van der Waals surface area (Å²) in [7, 11) is 0. The van der Waals surface area contributed by atoms with E-state index in [0.717, 1.165) is 18.8 Å². The number of hydrogen-bond donors (Lipinski definition) is 2. The van der Waals surface area contributed by atoms with E-state index < -0.39 is 0 Å². The lowest BCUT2D eigenvalue weighted by Crippen LogP contribution is -2.28. The highest BCUT2D eigenvalue weighted by molar-refractivity contribution is 5.48. The Balaban J connectivity index is 2.52. The maximum Gasteiger partial charge on any atom is 0.0359 e. The smallest absolute Gasteiger partial charge is 0.0359 e. The molecule has 0 aromatic heterocycles. The van der Waals surface area contributed by atoms with Gasteiger partial charge in [0, 0.05) is 18.8 Å². The Labute approximate surface area is 99.2 Å². The Bertz CT molecular complexity index is 343. The summed E-state index contributed by atoms with van der Waals surface area (Å²) in [5, 5.41) is 3.48. The van der Waals surface area contributed by atoms with Gasteiger partial charge in [-0.05, 0) is 30.4 Å². The van der Waals surface area contributed by atoms with Gasteiger partial charge in [-0.3, -0.25) is 0 Å². The van der Waals surface area contributed by atoms with Crippen molar-refractivity contribution in [1.29, 1.82) is 0 Å². The number of benzene rings is 1. The zero-order valence-electron chi connectivity index (χ0n) is 10.9. The minimum absolute atomic E-state index is 0.360. The molecular weight excluding hydrogens is 196 g/mol. The quantitative estimate of drug-likeness (QED) is 0.748. The molecule has 1 aromatic carbocycles. The minimum Gasteiger partial charge on any atom is -0.398 e. The maximum atomic E-state index is 5.93. The predicted molar refractivity (Wildman–Crippen MR) is 71.4 cm³/mol. The second kappa shape index (κ2) is 5.35. The third-order valence-corrected chi connectivity index (χ3v) is 3.17. The van der Waals surface area contributed by atoms with Crippen LogP contribution in [0.4, 0.5) is 5.69 Å². The summed E-state index contributed by atoms with van der Waals surface area (Å²) in [4.78, 5) is 0. The van der Waals surface area contributed by atoms with Crippen LogP contribution in [0.5, 0.6) is 0 Å². The summed E-state index contributed by atoms with van der Waals surface area (Å²) in [6.07, 6.45) is 1.18. The first-order valence-corrected chi connectivity index (χ1v) is 6.00. The highest BCUT2D eigenvalue weighted by atomic mass is 14.9. The monoisotopic (exact) mass is 220 g/mol. The van der Waals surface area contributed by atoms with Crippen LogP contribution in [0.15, 0.2) is 18.2 Å². The average molecular weight is 220 g/mol. The van der Waals surface area contributed by atoms with E-state index in [9.17, 15) is 0 Å². The second-order valence-electron chi connectivity index (χ2n) is 5.32. The van der Waals surface area contributed by atoms with Crippen molar-refractivity contribution in [3.8, 4) is 0 Å². The summed E-state index contributed by atoms with van der Waals surface area (Å²) in [5.41, 5.74) is 9.64. The topological polar surface area (TPSA) is 38.0 Å². The fraction of sp³-hybridized carbons (Fsp3) is 0.571. The highest BCUT2D eigenvalue weighted by Crippen LogP contribution is 2.19. The van der Waals surface area contributed by atoms with Crippen molar-refractivity contribution in [2.75, 3.05) is 12.3 Å². The van der Waals surface area contributed by atoms with Crippen molar-refractivity contribution in [3.05, 3.63) is 29.3 Å². The van der Waals surface area contributed by atoms with Crippen molar-refractivity contribution < 1.29 is 0 Å². The first kappa shape index (κ1) is 13.0. The Morgan fingerprint density at radius 1 is 1.31 bits per heavy atom. The molecule has 0 fully saturated rings. The van der Waals surface area contributed by atoms with Crippen molar-refractivity contribution >= 4 is 5.69 Å². The molecule has 0 saturated carbocycles. The molecule has 0 amide bonds. The van der Waals surface area contributed by atoms with Gasteiger partial charge in [0.2, 0.25) is 0 Å². The number of hydrogen-bond acceptors (Lipinski definition) is 2. The number of nitrogen functional groups attached to an aromatic ring is 1. The van der Waals surface area contributed by atoms with E-state index in [2.05, 4.69) is 45.1 Å². The molecule has 1 rings (SSSR count). The lowest BCUT2D eigenvalue weighted by atomic mass is 9.90. The molecule has 16 heavy (non-hydrogen) atoms. The summed E-state index contributed by atoms with van der Waals surface area (Å²) < 4.78 is 0. The number of anilines is 1. The normalized spacial score (nSPS) is 11.8. The van der Waals surface area contributed by atoms with Gasteiger partial charge >= 0.3 is 0 Å². The van der Waals surface area contributed by atoms with Gasteiger partial charge in [-0.15, -0.1) is 0 Å². The van der Waals surface area contributed by atoms with Crippen LogP contribution in [0.3, 0.4) is 0 Å². The molecule has 0 aliphatic heterocycles. The molecule has 0 bridgehead atoms. The first-order valence-electron chi connectivity index (χ1n) is 6.00. The molecule has 2 nitrogen and oxygen atoms in total. The first-order chi connectivity index (χ1) is 7.44. The molecule has 0 atom stereocenters. The van der Waals surface area contributed by atoms with Gasteiger partial charge in [-0.2, -0.15) is 0 Å². The summed E-state index contributed by atoms with van der Waals surface area (Å²) >= 11 is 0. The van der Waals surface area contributed by atoms with E-state index in [1.807, 2.05) is 6.07 Å². The lowest BCUT2D eigenvalue weighted by molar-refractivity contribution is 0.328. The number of rotatable bonds is 5. The largest absolute Gasteiger partial charge is 0.398 e. The van der Waals surface area contributed by atoms with Gasteiger partial charge in [-0.25, -0.2) is 0 Å². The standard InChI is InChI=1S/C14H24N2/c1-5-14(3,4)10-16-9-12-8-11(2)6-7-13(12)15/h6-8,16H,5,9-10,15H2,1-4H3. The van der Waals surface area contributed by atoms with Crippen molar-refractivity contribution in [3.63, 3.8) is 0 Å². The molecule has 0 aliphatic rings. The Morgan fingerprint density at radius 2 is 2.00 bits per heavy atom. The predicted octanol–water partition coefficient (Wildman–Crippen LogP) is 3.10. The van der Waals surface area contributed by atoms with Crippen molar-refractivity contribution in [1.82, 2.24) is 5.32 Å². The Kier molecular flexibility index (Phi) is 4.36. The summed E-state index contributed by atoms with van der Waals surface area (Å²) in [6.45, 7) is 10.8. The molecule has 2 heteroatoms. The maximum absolute atomic E-state index is 5.93. The van der Waals surface area contributed by atoms with E-state index in [0.29, 0.717) is 5.41 Å². The molecule has 0 heterocycles. The number of nitrogens with two attached hydrogens (primary N) is 1. The van der Waals surface area contributed by atoms with Crippen LogP contribution in [-0.2, 0) is 6.54 Å². The van der Waals surface area contributed by atoms with Crippen LogP contribution in [0, 0.1) is 12.3 Å². The van der Waals surface area contributed by atoms with Crippen molar-refractivity contribution in [2.45, 2.75) is 40.7 Å². The zero-order valence-corrected chi connectivity index (χ0v) is 10.9. The SMILES string of the molecule is CCC(C)(C)CNCc1cc(C)ccc1N. The Hall–Kier alpha value is -1.02. The summed E-state index contributed by atoms with van der Waals surface area (Å²) in [5.74, 6) is 0. The minimum atomic E-state index is 0.360. The zero-order chi connectivity index (χ0) is 12.2. The van der Waals surface area contributed by atoms with E-state index in [4.69, 9.17) is 5.73 Å². The molecule has 90 valence electrons. The lowest BCUT2D eigenvalue weighted by Gasteiger charge is -2.23. The van der Waals surface area contributed by atoms with Crippen molar-refractivity contribution in [2.24, 2.45) is 5.41 Å². The van der Waals surface area contributed by atoms with Gasteiger partial charge < -0.3 is 11.1 Å². The highest BCUT2D eigenvalue weighted by Gasteiger charge is 2.14. The van der Waals surface area contributed by atoms with Crippen LogP contribution in [-0.4, -0.2) is 6.54 Å². The molecule has 0 unspecified atom stereocenters. The third-order valence-electron chi connectivity index (χ3n) is 3.17. The van der Waals surface area contributed by atoms with E-state index in [1.54, 1.807) is 0 Å². The molecule has 0 spiro atoms. The van der Waals surface area contributed by atoms with Crippen LogP contribution in [0.2, 0.25) is 0 Å². The van der Waals surface area contributed by atoms with E-state index in [-0.39, 0.29) is 0 Å². The van der Waals surface area contributed by atoms with Crippen LogP contribution in [0.25, 0.3) is 0 Å². The number of aryl methyl sites for hydroxylation is 1.